The molecule has 1 heterocycles. The third-order valence-electron chi connectivity index (χ3n) is 11.3. The topological polar surface area (TPSA) is 46.2 Å². The molecular formula is C42H66O5SeSi. The molecular weight excluding hydrogens is 692 g/mol. The van der Waals surface area contributed by atoms with Crippen LogP contribution >= 0.6 is 0 Å². The van der Waals surface area contributed by atoms with Crippen LogP contribution in [0.3, 0.4) is 0 Å². The van der Waals surface area contributed by atoms with Crippen LogP contribution in [0.1, 0.15) is 100.0 Å². The molecule has 49 heavy (non-hydrogen) atoms. The SMILES string of the molecule is COc1ccc(COC(CC/C(C)=C/[C@H]2[C@H](O[Si](C)(C)C(C)(C)C)[C@@H](C)C[C@]23COC(C)(C)O3)C(C)(C)CCC[Se]c2ccccc2)cc1. The van der Waals surface area contributed by atoms with Gasteiger partial charge in [0.25, 0.3) is 0 Å². The zero-order chi connectivity index (χ0) is 36.1. The van der Waals surface area contributed by atoms with Gasteiger partial charge < -0.3 is 4.74 Å². The summed E-state index contributed by atoms with van der Waals surface area (Å²) in [6.45, 7) is 26.5. The predicted octanol–water partition coefficient (Wildman–Crippen LogP) is 10.1. The van der Waals surface area contributed by atoms with Crippen molar-refractivity contribution < 1.29 is 23.4 Å². The van der Waals surface area contributed by atoms with Gasteiger partial charge in [0.2, 0.25) is 0 Å². The summed E-state index contributed by atoms with van der Waals surface area (Å²) in [5.74, 6) is 0.817. The van der Waals surface area contributed by atoms with Gasteiger partial charge in [-0.15, -0.1) is 0 Å². The van der Waals surface area contributed by atoms with Crippen LogP contribution < -0.4 is 9.20 Å². The molecule has 7 heteroatoms. The second-order valence-corrected chi connectivity index (χ2v) is 24.6. The Balaban J connectivity index is 1.51. The molecule has 0 amide bonds. The van der Waals surface area contributed by atoms with Crippen molar-refractivity contribution in [3.8, 4) is 5.75 Å². The summed E-state index contributed by atoms with van der Waals surface area (Å²) in [4.78, 5) is 0. The van der Waals surface area contributed by atoms with E-state index in [-0.39, 0.29) is 34.2 Å². The molecule has 274 valence electrons. The van der Waals surface area contributed by atoms with E-state index in [4.69, 9.17) is 23.4 Å². The van der Waals surface area contributed by atoms with Crippen molar-refractivity contribution in [3.05, 3.63) is 71.8 Å². The van der Waals surface area contributed by atoms with Gasteiger partial charge in [-0.3, -0.25) is 0 Å². The molecule has 5 nitrogen and oxygen atoms in total. The summed E-state index contributed by atoms with van der Waals surface area (Å²) >= 11 is 0.508. The third kappa shape index (κ3) is 10.8. The van der Waals surface area contributed by atoms with E-state index in [0.29, 0.717) is 34.1 Å². The van der Waals surface area contributed by atoms with E-state index in [1.54, 1.807) is 7.11 Å². The Hall–Kier alpha value is -1.44. The van der Waals surface area contributed by atoms with E-state index in [9.17, 15) is 0 Å². The van der Waals surface area contributed by atoms with Crippen LogP contribution in [0.5, 0.6) is 5.75 Å². The molecule has 1 saturated carbocycles. The van der Waals surface area contributed by atoms with E-state index >= 15 is 0 Å². The number of ether oxygens (including phenoxy) is 4. The van der Waals surface area contributed by atoms with Gasteiger partial charge in [0.05, 0.1) is 7.11 Å². The first-order valence-electron chi connectivity index (χ1n) is 18.5. The molecule has 2 aromatic rings. The van der Waals surface area contributed by atoms with Gasteiger partial charge in [0.15, 0.2) is 14.1 Å². The first kappa shape index (κ1) is 40.3. The van der Waals surface area contributed by atoms with E-state index in [0.717, 1.165) is 31.4 Å². The molecule has 0 radical (unpaired) electrons. The van der Waals surface area contributed by atoms with Crippen LogP contribution in [0.4, 0.5) is 0 Å². The average molecular weight is 758 g/mol. The molecule has 1 aliphatic heterocycles. The molecule has 1 saturated heterocycles. The van der Waals surface area contributed by atoms with Gasteiger partial charge in [0.1, 0.15) is 0 Å². The molecule has 2 aliphatic rings. The molecule has 5 atom stereocenters. The molecule has 1 aliphatic carbocycles. The van der Waals surface area contributed by atoms with Crippen molar-refractivity contribution in [1.29, 1.82) is 0 Å². The van der Waals surface area contributed by atoms with Crippen LogP contribution in [0, 0.1) is 17.3 Å². The summed E-state index contributed by atoms with van der Waals surface area (Å²) in [5, 5.41) is 1.39. The molecule has 0 bridgehead atoms. The summed E-state index contributed by atoms with van der Waals surface area (Å²) in [5.41, 5.74) is 2.25. The number of methoxy groups -OCH3 is 1. The zero-order valence-electron chi connectivity index (χ0n) is 32.7. The second-order valence-electron chi connectivity index (χ2n) is 17.4. The quantitative estimate of drug-likeness (QED) is 0.0970. The molecule has 4 rings (SSSR count). The van der Waals surface area contributed by atoms with Gasteiger partial charge >= 0.3 is 222 Å². The maximum absolute atomic E-state index is 7.24. The molecule has 2 aromatic carbocycles. The van der Waals surface area contributed by atoms with E-state index < -0.39 is 14.1 Å². The van der Waals surface area contributed by atoms with Crippen molar-refractivity contribution in [2.45, 2.75) is 148 Å². The second kappa shape index (κ2) is 16.5. The molecule has 0 N–H and O–H groups in total. The Kier molecular flexibility index (Phi) is 13.6. The van der Waals surface area contributed by atoms with Crippen molar-refractivity contribution in [2.24, 2.45) is 17.3 Å². The third-order valence-corrected chi connectivity index (χ3v) is 18.0. The minimum atomic E-state index is -2.01. The van der Waals surface area contributed by atoms with Crippen molar-refractivity contribution >= 4 is 27.7 Å². The fourth-order valence-electron chi connectivity index (χ4n) is 7.28. The van der Waals surface area contributed by atoms with Crippen LogP contribution in [-0.2, 0) is 25.2 Å². The number of hydrogen-bond donors (Lipinski definition) is 0. The Morgan fingerprint density at radius 1 is 1.04 bits per heavy atom. The van der Waals surface area contributed by atoms with Gasteiger partial charge in [-0.1, -0.05) is 27.7 Å². The van der Waals surface area contributed by atoms with Crippen molar-refractivity contribution in [2.75, 3.05) is 13.7 Å². The van der Waals surface area contributed by atoms with Gasteiger partial charge in [0, 0.05) is 0 Å². The van der Waals surface area contributed by atoms with E-state index in [1.165, 1.54) is 27.3 Å². The summed E-state index contributed by atoms with van der Waals surface area (Å²) < 4.78 is 34.0. The number of rotatable bonds is 16. The van der Waals surface area contributed by atoms with Gasteiger partial charge in [-0.2, -0.15) is 0 Å². The molecule has 1 unspecified atom stereocenters. The number of allylic oxidation sites excluding steroid dienone is 1. The fourth-order valence-corrected chi connectivity index (χ4v) is 10.5. The Bertz CT molecular complexity index is 1350. The van der Waals surface area contributed by atoms with Gasteiger partial charge in [-0.05, 0) is 32.0 Å². The minimum absolute atomic E-state index is 0.0447. The number of hydrogen-bond acceptors (Lipinski definition) is 5. The zero-order valence-corrected chi connectivity index (χ0v) is 35.4. The Labute approximate surface area is 306 Å². The van der Waals surface area contributed by atoms with E-state index in [1.807, 2.05) is 12.1 Å². The Morgan fingerprint density at radius 2 is 1.71 bits per heavy atom. The first-order chi connectivity index (χ1) is 22.9. The maximum atomic E-state index is 7.24. The van der Waals surface area contributed by atoms with Crippen molar-refractivity contribution in [3.63, 3.8) is 0 Å². The van der Waals surface area contributed by atoms with Crippen LogP contribution in [0.2, 0.25) is 23.5 Å². The van der Waals surface area contributed by atoms with Crippen LogP contribution in [0.15, 0.2) is 66.2 Å². The summed E-state index contributed by atoms with van der Waals surface area (Å²) in [7, 11) is -0.299. The monoisotopic (exact) mass is 758 g/mol. The Morgan fingerprint density at radius 3 is 2.31 bits per heavy atom. The average Bonchev–Trinajstić information content (AvgIpc) is 3.47. The summed E-state index contributed by atoms with van der Waals surface area (Å²) in [6, 6.07) is 19.2. The summed E-state index contributed by atoms with van der Waals surface area (Å²) in [6.07, 6.45) is 7.99. The normalized spacial score (nSPS) is 25.2. The van der Waals surface area contributed by atoms with Crippen molar-refractivity contribution in [1.82, 2.24) is 0 Å². The molecule has 2 fully saturated rings. The van der Waals surface area contributed by atoms with E-state index in [2.05, 4.69) is 124 Å². The fraction of sp³-hybridized carbons (Fsp3) is 0.667. The van der Waals surface area contributed by atoms with Crippen LogP contribution in [0.25, 0.3) is 0 Å². The standard InChI is InChI=1S/C42H66O5SeSi/c1-31(27-36-38(46-49(11,12)39(3,4)5)32(2)28-42(36)30-45-41(8,9)47-42)19-24-37(44-29-33-20-22-34(43-10)23-21-33)40(6,7)25-16-26-48-35-17-14-13-15-18-35/h13-15,17-18,20-23,27,32,36-38H,16,19,24-26,28-30H2,1-12H3/b31-27+/t32-,36-,37?,38+,42-/m0/s1. The molecule has 0 aromatic heterocycles. The number of benzene rings is 2. The predicted molar refractivity (Wildman–Crippen MR) is 207 cm³/mol. The molecule has 1 spiro atoms. The van der Waals surface area contributed by atoms with Crippen LogP contribution in [-0.4, -0.2) is 60.6 Å². The first-order valence-corrected chi connectivity index (χ1v) is 23.5. The van der Waals surface area contributed by atoms with Gasteiger partial charge in [-0.25, -0.2) is 0 Å².